The molecule has 2 heterocycles. The van der Waals surface area contributed by atoms with Gasteiger partial charge in [-0.05, 0) is 71.8 Å². The summed E-state index contributed by atoms with van der Waals surface area (Å²) in [7, 11) is 3.77. The molecule has 2 aromatic rings. The van der Waals surface area contributed by atoms with Gasteiger partial charge in [-0.25, -0.2) is 0 Å². The van der Waals surface area contributed by atoms with Crippen LogP contribution < -0.4 is 10.1 Å². The molecule has 1 fully saturated rings. The maximum atomic E-state index is 12.7. The number of piperidine rings is 1. The fourth-order valence-electron chi connectivity index (χ4n) is 4.01. The summed E-state index contributed by atoms with van der Waals surface area (Å²) in [5.41, 5.74) is 1.18. The Labute approximate surface area is 160 Å². The van der Waals surface area contributed by atoms with E-state index in [1.807, 2.05) is 24.3 Å². The second-order valence-corrected chi connectivity index (χ2v) is 8.57. The van der Waals surface area contributed by atoms with Gasteiger partial charge in [0.05, 0.1) is 7.11 Å². The second-order valence-electron chi connectivity index (χ2n) is 8.57. The topological polar surface area (TPSA) is 67.6 Å². The first kappa shape index (κ1) is 19.4. The zero-order chi connectivity index (χ0) is 19.8. The first-order valence-corrected chi connectivity index (χ1v) is 9.28. The van der Waals surface area contributed by atoms with Crippen molar-refractivity contribution in [1.29, 1.82) is 0 Å². The maximum absolute atomic E-state index is 12.7. The fourth-order valence-corrected chi connectivity index (χ4v) is 4.01. The van der Waals surface area contributed by atoms with Gasteiger partial charge in [0.1, 0.15) is 5.75 Å². The standard InChI is InChI=1S/C21H29N3O3/c1-20(2)12-15(13-21(3,4)24(20)5)22-19(25)17-11-18(27-23-17)14-7-9-16(26-6)10-8-14/h7-11,15H,12-13H2,1-6H3,(H,22,25). The number of carbonyl (C=O) groups excluding carboxylic acids is 1. The zero-order valence-electron chi connectivity index (χ0n) is 17.0. The molecule has 0 spiro atoms. The van der Waals surface area contributed by atoms with E-state index < -0.39 is 0 Å². The molecule has 1 aromatic heterocycles. The number of hydrogen-bond acceptors (Lipinski definition) is 5. The third-order valence-corrected chi connectivity index (χ3v) is 5.76. The first-order valence-electron chi connectivity index (χ1n) is 9.28. The van der Waals surface area contributed by atoms with Crippen molar-refractivity contribution in [3.05, 3.63) is 36.0 Å². The van der Waals surface area contributed by atoms with Crippen molar-refractivity contribution in [2.45, 2.75) is 57.7 Å². The molecule has 3 rings (SSSR count). The smallest absolute Gasteiger partial charge is 0.273 e. The molecule has 1 aliphatic heterocycles. The van der Waals surface area contributed by atoms with Gasteiger partial charge >= 0.3 is 0 Å². The van der Waals surface area contributed by atoms with Crippen molar-refractivity contribution in [2.75, 3.05) is 14.2 Å². The summed E-state index contributed by atoms with van der Waals surface area (Å²) in [6.45, 7) is 8.85. The number of carbonyl (C=O) groups is 1. The van der Waals surface area contributed by atoms with E-state index in [2.05, 4.69) is 50.1 Å². The molecular weight excluding hydrogens is 342 g/mol. The molecule has 1 amide bonds. The lowest BCUT2D eigenvalue weighted by Gasteiger charge is -2.53. The Hall–Kier alpha value is -2.34. The number of ether oxygens (including phenoxy) is 1. The van der Waals surface area contributed by atoms with E-state index in [-0.39, 0.29) is 23.0 Å². The first-order chi connectivity index (χ1) is 12.6. The largest absolute Gasteiger partial charge is 0.497 e. The summed E-state index contributed by atoms with van der Waals surface area (Å²) < 4.78 is 10.5. The SMILES string of the molecule is COc1ccc(-c2cc(C(=O)NC3CC(C)(C)N(C)C(C)(C)C3)no2)cc1. The van der Waals surface area contributed by atoms with Crippen LogP contribution >= 0.6 is 0 Å². The summed E-state index contributed by atoms with van der Waals surface area (Å²) >= 11 is 0. The summed E-state index contributed by atoms with van der Waals surface area (Å²) in [6, 6.07) is 9.23. The molecule has 6 heteroatoms. The number of methoxy groups -OCH3 is 1. The number of nitrogens with zero attached hydrogens (tertiary/aromatic N) is 2. The molecule has 1 N–H and O–H groups in total. The monoisotopic (exact) mass is 371 g/mol. The molecular formula is C21H29N3O3. The minimum absolute atomic E-state index is 0.0117. The number of nitrogens with one attached hydrogen (secondary N) is 1. The van der Waals surface area contributed by atoms with Crippen molar-refractivity contribution in [3.63, 3.8) is 0 Å². The molecule has 0 saturated carbocycles. The predicted molar refractivity (Wildman–Crippen MR) is 105 cm³/mol. The van der Waals surface area contributed by atoms with E-state index in [0.29, 0.717) is 11.5 Å². The fraction of sp³-hybridized carbons (Fsp3) is 0.524. The van der Waals surface area contributed by atoms with E-state index in [4.69, 9.17) is 9.26 Å². The average molecular weight is 371 g/mol. The highest BCUT2D eigenvalue weighted by Crippen LogP contribution is 2.37. The highest BCUT2D eigenvalue weighted by Gasteiger charge is 2.43. The second kappa shape index (κ2) is 7.00. The molecule has 6 nitrogen and oxygen atoms in total. The summed E-state index contributed by atoms with van der Waals surface area (Å²) in [4.78, 5) is 15.1. The van der Waals surface area contributed by atoms with Gasteiger partial charge in [0.15, 0.2) is 11.5 Å². The average Bonchev–Trinajstić information content (AvgIpc) is 3.09. The molecule has 1 saturated heterocycles. The molecule has 1 aromatic carbocycles. The molecule has 0 atom stereocenters. The molecule has 27 heavy (non-hydrogen) atoms. The number of amides is 1. The van der Waals surface area contributed by atoms with Gasteiger partial charge < -0.3 is 14.6 Å². The summed E-state index contributed by atoms with van der Waals surface area (Å²) in [5.74, 6) is 1.13. The normalized spacial score (nSPS) is 19.6. The van der Waals surface area contributed by atoms with E-state index in [9.17, 15) is 4.79 Å². The molecule has 0 unspecified atom stereocenters. The Bertz CT molecular complexity index is 790. The van der Waals surface area contributed by atoms with Crippen LogP contribution in [0.1, 0.15) is 51.0 Å². The van der Waals surface area contributed by atoms with Crippen LogP contribution in [0.4, 0.5) is 0 Å². The van der Waals surface area contributed by atoms with Crippen molar-refractivity contribution in [1.82, 2.24) is 15.4 Å². The van der Waals surface area contributed by atoms with Crippen LogP contribution in [0.15, 0.2) is 34.9 Å². The van der Waals surface area contributed by atoms with E-state index in [0.717, 1.165) is 24.2 Å². The van der Waals surface area contributed by atoms with Crippen molar-refractivity contribution in [3.8, 4) is 17.1 Å². The molecule has 0 radical (unpaired) electrons. The van der Waals surface area contributed by atoms with Gasteiger partial charge in [-0.1, -0.05) is 5.16 Å². The van der Waals surface area contributed by atoms with Gasteiger partial charge in [0.25, 0.3) is 5.91 Å². The van der Waals surface area contributed by atoms with Crippen LogP contribution in [0.2, 0.25) is 0 Å². The van der Waals surface area contributed by atoms with Crippen LogP contribution in [0.25, 0.3) is 11.3 Å². The third-order valence-electron chi connectivity index (χ3n) is 5.76. The van der Waals surface area contributed by atoms with Gasteiger partial charge in [0.2, 0.25) is 0 Å². The maximum Gasteiger partial charge on any atom is 0.273 e. The number of benzene rings is 1. The van der Waals surface area contributed by atoms with Gasteiger partial charge in [-0.2, -0.15) is 0 Å². The van der Waals surface area contributed by atoms with E-state index in [1.54, 1.807) is 13.2 Å². The van der Waals surface area contributed by atoms with Crippen LogP contribution in [-0.2, 0) is 0 Å². The van der Waals surface area contributed by atoms with E-state index in [1.165, 1.54) is 0 Å². The van der Waals surface area contributed by atoms with Crippen LogP contribution in [0.3, 0.4) is 0 Å². The summed E-state index contributed by atoms with van der Waals surface area (Å²) in [6.07, 6.45) is 1.78. The Kier molecular flexibility index (Phi) is 5.04. The Balaban J connectivity index is 1.71. The number of rotatable bonds is 4. The third kappa shape index (κ3) is 4.00. The zero-order valence-corrected chi connectivity index (χ0v) is 17.0. The Morgan fingerprint density at radius 1 is 1.19 bits per heavy atom. The Morgan fingerprint density at radius 3 is 2.33 bits per heavy atom. The number of likely N-dealkylation sites (tertiary alicyclic amines) is 1. The van der Waals surface area contributed by atoms with Crippen molar-refractivity contribution >= 4 is 5.91 Å². The molecule has 0 aliphatic carbocycles. The van der Waals surface area contributed by atoms with Crippen molar-refractivity contribution < 1.29 is 14.1 Å². The van der Waals surface area contributed by atoms with E-state index >= 15 is 0 Å². The lowest BCUT2D eigenvalue weighted by atomic mass is 9.77. The number of hydrogen-bond donors (Lipinski definition) is 1. The minimum atomic E-state index is -0.195. The number of aromatic nitrogens is 1. The Morgan fingerprint density at radius 2 is 1.78 bits per heavy atom. The summed E-state index contributed by atoms with van der Waals surface area (Å²) in [5, 5.41) is 7.10. The molecule has 1 aliphatic rings. The highest BCUT2D eigenvalue weighted by atomic mass is 16.5. The van der Waals surface area contributed by atoms with Crippen LogP contribution in [0.5, 0.6) is 5.75 Å². The minimum Gasteiger partial charge on any atom is -0.497 e. The van der Waals surface area contributed by atoms with Crippen molar-refractivity contribution in [2.24, 2.45) is 0 Å². The van der Waals surface area contributed by atoms with Gasteiger partial charge in [0, 0.05) is 28.7 Å². The van der Waals surface area contributed by atoms with Crippen LogP contribution in [0, 0.1) is 0 Å². The predicted octanol–water partition coefficient (Wildman–Crippen LogP) is 3.73. The quantitative estimate of drug-likeness (QED) is 0.887. The molecule has 0 bridgehead atoms. The molecule has 146 valence electrons. The van der Waals surface area contributed by atoms with Gasteiger partial charge in [-0.15, -0.1) is 0 Å². The van der Waals surface area contributed by atoms with Gasteiger partial charge in [-0.3, -0.25) is 9.69 Å². The highest BCUT2D eigenvalue weighted by molar-refractivity contribution is 5.93. The van der Waals surface area contributed by atoms with Crippen LogP contribution in [-0.4, -0.2) is 47.2 Å². The lowest BCUT2D eigenvalue weighted by Crippen LogP contribution is -2.62. The lowest BCUT2D eigenvalue weighted by molar-refractivity contribution is -0.0169.